The molecule has 0 spiro atoms. The fraction of sp³-hybridized carbons (Fsp3) is 0.647. The normalized spacial score (nSPS) is 30.3. The van der Waals surface area contributed by atoms with Crippen molar-refractivity contribution in [2.45, 2.75) is 95.5 Å². The lowest BCUT2D eigenvalue weighted by Crippen LogP contribution is -2.56. The first-order valence-electron chi connectivity index (χ1n) is 16.1. The number of hydrogen-bond acceptors (Lipinski definition) is 6. The van der Waals surface area contributed by atoms with E-state index in [-0.39, 0.29) is 48.3 Å². The molecule has 8 nitrogen and oxygen atoms in total. The van der Waals surface area contributed by atoms with Gasteiger partial charge in [0.25, 0.3) is 0 Å². The van der Waals surface area contributed by atoms with Gasteiger partial charge in [-0.2, -0.15) is 0 Å². The van der Waals surface area contributed by atoms with Crippen molar-refractivity contribution in [3.63, 3.8) is 0 Å². The van der Waals surface area contributed by atoms with E-state index in [4.69, 9.17) is 32.7 Å². The second kappa shape index (κ2) is 16.5. The molecule has 3 N–H and O–H groups in total. The van der Waals surface area contributed by atoms with Gasteiger partial charge in [0.15, 0.2) is 0 Å². The van der Waals surface area contributed by atoms with Crippen molar-refractivity contribution in [2.24, 2.45) is 17.8 Å². The number of halogens is 2. The van der Waals surface area contributed by atoms with E-state index in [1.54, 1.807) is 37.3 Å². The number of amides is 2. The quantitative estimate of drug-likeness (QED) is 0.354. The van der Waals surface area contributed by atoms with Gasteiger partial charge in [0.2, 0.25) is 11.8 Å². The molecule has 0 radical (unpaired) electrons. The predicted molar refractivity (Wildman–Crippen MR) is 175 cm³/mol. The van der Waals surface area contributed by atoms with Crippen LogP contribution in [0.2, 0.25) is 10.0 Å². The van der Waals surface area contributed by atoms with Crippen LogP contribution >= 0.6 is 23.2 Å². The summed E-state index contributed by atoms with van der Waals surface area (Å²) in [7, 11) is 3.39. The van der Waals surface area contributed by atoms with Gasteiger partial charge in [0, 0.05) is 54.0 Å². The molecule has 1 heterocycles. The van der Waals surface area contributed by atoms with Gasteiger partial charge in [-0.25, -0.2) is 0 Å². The molecule has 2 bridgehead atoms. The Labute approximate surface area is 272 Å². The van der Waals surface area contributed by atoms with Crippen LogP contribution in [0, 0.1) is 17.8 Å². The van der Waals surface area contributed by atoms with E-state index < -0.39 is 18.2 Å². The molecular formula is C34H49Cl2N3O5. The minimum atomic E-state index is -0.921. The Morgan fingerprint density at radius 1 is 1.20 bits per heavy atom. The molecule has 244 valence electrons. The summed E-state index contributed by atoms with van der Waals surface area (Å²) in [6, 6.07) is 4.02. The minimum absolute atomic E-state index is 0.0364. The Balaban J connectivity index is 1.59. The highest BCUT2D eigenvalue weighted by atomic mass is 35.5. The van der Waals surface area contributed by atoms with Gasteiger partial charge in [-0.05, 0) is 74.4 Å². The first-order chi connectivity index (χ1) is 21.1. The van der Waals surface area contributed by atoms with Crippen molar-refractivity contribution in [1.82, 2.24) is 15.5 Å². The fourth-order valence-electron chi connectivity index (χ4n) is 6.82. The van der Waals surface area contributed by atoms with Crippen LogP contribution in [-0.4, -0.2) is 79.5 Å². The van der Waals surface area contributed by atoms with Gasteiger partial charge in [0.1, 0.15) is 11.8 Å². The van der Waals surface area contributed by atoms with Crippen LogP contribution in [0.5, 0.6) is 0 Å². The number of unbranched alkanes of at least 4 members (excludes halogenated alkanes) is 1. The van der Waals surface area contributed by atoms with E-state index in [0.29, 0.717) is 29.5 Å². The number of hydrogen-bond donors (Lipinski definition) is 3. The first-order valence-corrected chi connectivity index (χ1v) is 16.9. The third kappa shape index (κ3) is 9.00. The Hall–Kier alpha value is -2.10. The molecule has 2 amide bonds. The average Bonchev–Trinajstić information content (AvgIpc) is 3.34. The van der Waals surface area contributed by atoms with E-state index in [1.807, 2.05) is 13.0 Å². The van der Waals surface area contributed by atoms with Crippen molar-refractivity contribution in [3.05, 3.63) is 57.8 Å². The predicted octanol–water partition coefficient (Wildman–Crippen LogP) is 5.30. The standard InChI is InChI=1S/C34H49Cl2N3O5/c1-5-6-9-21(2)34(42)39(3)30-10-7-8-13-44-32-19-28(27-18-25(43-4)11-12-26(27)32)37-20-31(40)29(38-33(30)41)16-22-14-23(35)17-24(36)15-22/h11-12,14-15,17-18,21,26-32,37,40H,5-10,13,16,19-20H2,1-4H3,(H,38,41)/t21-,26?,27?,28-,29-,30-,31+,32+/m0/s1. The monoisotopic (exact) mass is 649 g/mol. The number of nitrogens with one attached hydrogen (secondary N) is 2. The van der Waals surface area contributed by atoms with Crippen molar-refractivity contribution >= 4 is 35.0 Å². The van der Waals surface area contributed by atoms with E-state index in [2.05, 4.69) is 29.7 Å². The number of benzene rings is 1. The van der Waals surface area contributed by atoms with E-state index in [1.165, 1.54) is 0 Å². The Kier molecular flexibility index (Phi) is 13.0. The van der Waals surface area contributed by atoms with Crippen LogP contribution in [0.1, 0.15) is 64.4 Å². The van der Waals surface area contributed by atoms with Crippen molar-refractivity contribution in [3.8, 4) is 0 Å². The van der Waals surface area contributed by atoms with E-state index in [0.717, 1.165) is 49.8 Å². The summed E-state index contributed by atoms with van der Waals surface area (Å²) < 4.78 is 11.9. The Morgan fingerprint density at radius 3 is 2.66 bits per heavy atom. The van der Waals surface area contributed by atoms with E-state index >= 15 is 0 Å². The molecule has 1 aromatic rings. The van der Waals surface area contributed by atoms with E-state index in [9.17, 15) is 14.7 Å². The summed E-state index contributed by atoms with van der Waals surface area (Å²) in [5.74, 6) is 0.712. The fourth-order valence-corrected chi connectivity index (χ4v) is 7.39. The van der Waals surface area contributed by atoms with Crippen LogP contribution in [0.15, 0.2) is 42.2 Å². The zero-order valence-electron chi connectivity index (χ0n) is 26.4. The number of rotatable bonds is 8. The molecule has 1 saturated heterocycles. The van der Waals surface area contributed by atoms with Crippen molar-refractivity contribution < 1.29 is 24.2 Å². The molecule has 2 aliphatic carbocycles. The zero-order valence-corrected chi connectivity index (χ0v) is 27.9. The summed E-state index contributed by atoms with van der Waals surface area (Å²) in [6.07, 6.45) is 11.3. The molecule has 0 aromatic heterocycles. The van der Waals surface area contributed by atoms with Gasteiger partial charge < -0.3 is 30.1 Å². The molecule has 1 saturated carbocycles. The number of ether oxygens (including phenoxy) is 2. The number of methoxy groups -OCH3 is 1. The number of nitrogens with zero attached hydrogens (tertiary/aromatic N) is 1. The topological polar surface area (TPSA) is 100 Å². The SMILES string of the molecule is CCCC[C@H](C)C(=O)N(C)[C@H]1CCCCO[C@@H]2C[C@H](NC[C@@H](O)[C@H](Cc3cc(Cl)cc(Cl)c3)NC1=O)C1C=C(OC)C=CC12. The molecule has 4 rings (SSSR count). The maximum atomic E-state index is 14.0. The molecular weight excluding hydrogens is 601 g/mol. The van der Waals surface area contributed by atoms with Crippen LogP contribution in [-0.2, 0) is 25.5 Å². The molecule has 1 aromatic carbocycles. The average molecular weight is 651 g/mol. The largest absolute Gasteiger partial charge is 0.497 e. The Bertz CT molecular complexity index is 1170. The smallest absolute Gasteiger partial charge is 0.243 e. The number of aliphatic hydroxyl groups is 1. The molecule has 1 aliphatic heterocycles. The maximum Gasteiger partial charge on any atom is 0.243 e. The summed E-state index contributed by atoms with van der Waals surface area (Å²) in [6.45, 7) is 4.87. The van der Waals surface area contributed by atoms with Crippen LogP contribution in [0.3, 0.4) is 0 Å². The van der Waals surface area contributed by atoms with Gasteiger partial charge in [-0.3, -0.25) is 9.59 Å². The maximum absolute atomic E-state index is 14.0. The second-order valence-electron chi connectivity index (χ2n) is 12.6. The van der Waals surface area contributed by atoms with Crippen molar-refractivity contribution in [1.29, 1.82) is 0 Å². The third-order valence-corrected chi connectivity index (χ3v) is 9.83. The lowest BCUT2D eigenvalue weighted by molar-refractivity contribution is -0.142. The number of likely N-dealkylation sites (N-methyl/N-ethyl adjacent to an activating group) is 1. The van der Waals surface area contributed by atoms with Crippen LogP contribution in [0.25, 0.3) is 0 Å². The lowest BCUT2D eigenvalue weighted by Gasteiger charge is -2.33. The van der Waals surface area contributed by atoms with Crippen molar-refractivity contribution in [2.75, 3.05) is 27.3 Å². The highest BCUT2D eigenvalue weighted by molar-refractivity contribution is 6.34. The van der Waals surface area contributed by atoms with Crippen LogP contribution in [0.4, 0.5) is 0 Å². The van der Waals surface area contributed by atoms with Gasteiger partial charge in [-0.15, -0.1) is 0 Å². The summed E-state index contributed by atoms with van der Waals surface area (Å²) in [4.78, 5) is 29.0. The van der Waals surface area contributed by atoms with Crippen LogP contribution < -0.4 is 10.6 Å². The third-order valence-electron chi connectivity index (χ3n) is 9.39. The summed E-state index contributed by atoms with van der Waals surface area (Å²) in [5, 5.41) is 19.3. The molecule has 10 heteroatoms. The number of fused-ring (bicyclic) bond motifs is 5. The lowest BCUT2D eigenvalue weighted by atomic mass is 9.88. The molecule has 3 aliphatic rings. The molecule has 2 fully saturated rings. The van der Waals surface area contributed by atoms with Gasteiger partial charge in [0.05, 0.1) is 25.4 Å². The van der Waals surface area contributed by atoms with Gasteiger partial charge >= 0.3 is 0 Å². The number of β-amino-alcohol motifs (C(OH)–C–C–N with tert-alkyl or cyclic N) is 1. The van der Waals surface area contributed by atoms with Gasteiger partial charge in [-0.1, -0.05) is 56.0 Å². The highest BCUT2D eigenvalue weighted by Crippen LogP contribution is 2.40. The summed E-state index contributed by atoms with van der Waals surface area (Å²) >= 11 is 12.6. The number of aliphatic hydroxyl groups excluding tert-OH is 1. The highest BCUT2D eigenvalue weighted by Gasteiger charge is 2.43. The zero-order chi connectivity index (χ0) is 31.8. The summed E-state index contributed by atoms with van der Waals surface area (Å²) in [5.41, 5.74) is 0.804. The minimum Gasteiger partial charge on any atom is -0.497 e. The molecule has 8 atom stereocenters. The Morgan fingerprint density at radius 2 is 1.95 bits per heavy atom. The molecule has 44 heavy (non-hydrogen) atoms. The second-order valence-corrected chi connectivity index (χ2v) is 13.5. The first kappa shape index (κ1) is 34.8. The number of carbonyl (C=O) groups is 2. The number of allylic oxidation sites excluding steroid dienone is 1. The molecule has 2 unspecified atom stereocenters. The number of carbonyl (C=O) groups excluding carboxylic acids is 2.